The predicted octanol–water partition coefficient (Wildman–Crippen LogP) is 2.69. The third-order valence-electron chi connectivity index (χ3n) is 5.88. The number of likely N-dealkylation sites (N-methyl/N-ethyl adjacent to an activating group) is 1. The van der Waals surface area contributed by atoms with E-state index in [1.807, 2.05) is 0 Å². The van der Waals surface area contributed by atoms with Crippen LogP contribution in [0.1, 0.15) is 44.9 Å². The topological polar surface area (TPSA) is 42.9 Å². The van der Waals surface area contributed by atoms with Crippen molar-refractivity contribution in [2.75, 3.05) is 53.4 Å². The van der Waals surface area contributed by atoms with Gasteiger partial charge >= 0.3 is 6.18 Å². The average Bonchev–Trinajstić information content (AvgIpc) is 3.15. The quantitative estimate of drug-likeness (QED) is 0.493. The molecule has 2 rings (SSSR count). The lowest BCUT2D eigenvalue weighted by atomic mass is 9.93. The van der Waals surface area contributed by atoms with Gasteiger partial charge in [-0.05, 0) is 58.2 Å². The number of piperidine rings is 1. The highest BCUT2D eigenvalue weighted by Crippen LogP contribution is 2.24. The fraction of sp³-hybridized carbons (Fsp3) is 0.947. The van der Waals surface area contributed by atoms with Gasteiger partial charge in [0.05, 0.1) is 6.54 Å². The summed E-state index contributed by atoms with van der Waals surface area (Å²) in [6, 6.07) is 0.727. The van der Waals surface area contributed by atoms with Crippen LogP contribution in [-0.4, -0.2) is 81.3 Å². The highest BCUT2D eigenvalue weighted by Gasteiger charge is 2.32. The summed E-state index contributed by atoms with van der Waals surface area (Å²) < 4.78 is 37.3. The van der Waals surface area contributed by atoms with Crippen molar-refractivity contribution in [1.29, 1.82) is 0 Å². The van der Waals surface area contributed by atoms with Gasteiger partial charge in [0.15, 0.2) is 5.96 Å². The average molecular weight is 392 g/mol. The van der Waals surface area contributed by atoms with Gasteiger partial charge in [0.25, 0.3) is 0 Å². The van der Waals surface area contributed by atoms with E-state index >= 15 is 0 Å². The van der Waals surface area contributed by atoms with Crippen LogP contribution in [0.3, 0.4) is 0 Å². The lowest BCUT2D eigenvalue weighted by Crippen LogP contribution is -2.43. The van der Waals surface area contributed by atoms with Crippen molar-refractivity contribution in [3.8, 4) is 0 Å². The van der Waals surface area contributed by atoms with Gasteiger partial charge in [0.1, 0.15) is 0 Å². The highest BCUT2D eigenvalue weighted by atomic mass is 19.4. The van der Waals surface area contributed by atoms with E-state index in [4.69, 9.17) is 0 Å². The molecule has 0 aromatic heterocycles. The maximum absolute atomic E-state index is 12.4. The fourth-order valence-corrected chi connectivity index (χ4v) is 4.18. The Balaban J connectivity index is 1.54. The molecule has 158 valence electrons. The number of alkyl halides is 3. The number of aliphatic imine (C=N–C) groups is 1. The smallest absolute Gasteiger partial charge is 0.356 e. The van der Waals surface area contributed by atoms with Crippen molar-refractivity contribution >= 4 is 5.96 Å². The molecule has 0 aromatic carbocycles. The molecule has 2 fully saturated rings. The zero-order chi connectivity index (χ0) is 19.7. The Kier molecular flexibility index (Phi) is 9.15. The molecule has 0 bridgehead atoms. The first-order valence-corrected chi connectivity index (χ1v) is 10.3. The Morgan fingerprint density at radius 2 is 1.70 bits per heavy atom. The minimum atomic E-state index is -4.08. The molecule has 8 heteroatoms. The summed E-state index contributed by atoms with van der Waals surface area (Å²) in [7, 11) is 3.96. The van der Waals surface area contributed by atoms with E-state index in [1.165, 1.54) is 30.6 Å². The molecule has 0 unspecified atom stereocenters. The molecule has 1 saturated heterocycles. The van der Waals surface area contributed by atoms with Crippen molar-refractivity contribution in [2.45, 2.75) is 57.2 Å². The van der Waals surface area contributed by atoms with E-state index in [0.29, 0.717) is 19.0 Å². The van der Waals surface area contributed by atoms with Gasteiger partial charge in [0.2, 0.25) is 0 Å². The van der Waals surface area contributed by atoms with E-state index in [2.05, 4.69) is 27.6 Å². The normalized spacial score (nSPS) is 21.2. The van der Waals surface area contributed by atoms with Crippen LogP contribution in [0.5, 0.6) is 0 Å². The second-order valence-corrected chi connectivity index (χ2v) is 7.97. The van der Waals surface area contributed by atoms with Gasteiger partial charge in [-0.2, -0.15) is 13.2 Å². The largest absolute Gasteiger partial charge is 0.401 e. The van der Waals surface area contributed by atoms with Crippen molar-refractivity contribution in [3.05, 3.63) is 0 Å². The Labute approximate surface area is 161 Å². The monoisotopic (exact) mass is 391 g/mol. The Morgan fingerprint density at radius 3 is 2.30 bits per heavy atom. The number of hydrogen-bond donors (Lipinski definition) is 2. The first-order chi connectivity index (χ1) is 12.9. The lowest BCUT2D eigenvalue weighted by molar-refractivity contribution is -0.148. The summed E-state index contributed by atoms with van der Waals surface area (Å²) in [6.07, 6.45) is 3.89. The maximum Gasteiger partial charge on any atom is 0.401 e. The molecule has 1 heterocycles. The van der Waals surface area contributed by atoms with Crippen LogP contribution in [0.4, 0.5) is 13.2 Å². The van der Waals surface area contributed by atoms with E-state index in [9.17, 15) is 13.2 Å². The Hall–Kier alpha value is -1.02. The molecular weight excluding hydrogens is 355 g/mol. The number of rotatable bonds is 8. The molecule has 0 atom stereocenters. The lowest BCUT2D eigenvalue weighted by Gasteiger charge is -2.32. The molecule has 0 radical (unpaired) electrons. The van der Waals surface area contributed by atoms with Crippen LogP contribution < -0.4 is 10.6 Å². The zero-order valence-electron chi connectivity index (χ0n) is 16.8. The highest BCUT2D eigenvalue weighted by molar-refractivity contribution is 5.79. The van der Waals surface area contributed by atoms with Crippen molar-refractivity contribution < 1.29 is 13.2 Å². The van der Waals surface area contributed by atoms with Crippen molar-refractivity contribution in [3.63, 3.8) is 0 Å². The fourth-order valence-electron chi connectivity index (χ4n) is 4.18. The summed E-state index contributed by atoms with van der Waals surface area (Å²) in [5.41, 5.74) is 0. The summed E-state index contributed by atoms with van der Waals surface area (Å²) in [5.74, 6) is 1.30. The number of guanidine groups is 1. The van der Waals surface area contributed by atoms with E-state index in [-0.39, 0.29) is 0 Å². The van der Waals surface area contributed by atoms with Crippen molar-refractivity contribution in [1.82, 2.24) is 20.4 Å². The zero-order valence-corrected chi connectivity index (χ0v) is 16.8. The van der Waals surface area contributed by atoms with Crippen LogP contribution in [0.2, 0.25) is 0 Å². The number of halogens is 3. The van der Waals surface area contributed by atoms with Gasteiger partial charge in [-0.1, -0.05) is 12.8 Å². The first-order valence-electron chi connectivity index (χ1n) is 10.3. The Morgan fingerprint density at radius 1 is 1.07 bits per heavy atom. The Bertz CT molecular complexity index is 441. The van der Waals surface area contributed by atoms with Crippen LogP contribution in [-0.2, 0) is 0 Å². The third kappa shape index (κ3) is 8.68. The van der Waals surface area contributed by atoms with E-state index in [1.54, 1.807) is 7.05 Å². The molecule has 1 aliphatic heterocycles. The standard InChI is InChI=1S/C19H36F3N5/c1-23-18(25-11-14-26(2)17-5-3-4-6-17)24-10-7-16-8-12-27(13-9-16)15-19(20,21)22/h16-17H,3-15H2,1-2H3,(H2,23,24,25). The second-order valence-electron chi connectivity index (χ2n) is 7.97. The molecule has 1 aliphatic carbocycles. The van der Waals surface area contributed by atoms with Gasteiger partial charge in [-0.25, -0.2) is 0 Å². The molecule has 5 nitrogen and oxygen atoms in total. The second kappa shape index (κ2) is 11.1. The molecule has 0 spiro atoms. The summed E-state index contributed by atoms with van der Waals surface area (Å²) in [4.78, 5) is 8.21. The van der Waals surface area contributed by atoms with Gasteiger partial charge in [0, 0.05) is 32.7 Å². The molecule has 27 heavy (non-hydrogen) atoms. The molecule has 2 aliphatic rings. The summed E-state index contributed by atoms with van der Waals surface area (Å²) in [5, 5.41) is 6.69. The van der Waals surface area contributed by atoms with E-state index < -0.39 is 12.7 Å². The molecular formula is C19H36F3N5. The summed E-state index contributed by atoms with van der Waals surface area (Å²) >= 11 is 0. The number of nitrogens with zero attached hydrogens (tertiary/aromatic N) is 3. The molecule has 2 N–H and O–H groups in total. The van der Waals surface area contributed by atoms with Gasteiger partial charge < -0.3 is 15.5 Å². The minimum Gasteiger partial charge on any atom is -0.356 e. The molecule has 0 aromatic rings. The summed E-state index contributed by atoms with van der Waals surface area (Å²) in [6.45, 7) is 2.99. The first kappa shape index (κ1) is 22.3. The van der Waals surface area contributed by atoms with Crippen molar-refractivity contribution in [2.24, 2.45) is 10.9 Å². The van der Waals surface area contributed by atoms with Crippen LogP contribution >= 0.6 is 0 Å². The minimum absolute atomic E-state index is 0.494. The van der Waals surface area contributed by atoms with Crippen LogP contribution in [0, 0.1) is 5.92 Å². The number of likely N-dealkylation sites (tertiary alicyclic amines) is 1. The maximum atomic E-state index is 12.4. The predicted molar refractivity (Wildman–Crippen MR) is 104 cm³/mol. The third-order valence-corrected chi connectivity index (χ3v) is 5.88. The number of hydrogen-bond acceptors (Lipinski definition) is 3. The molecule has 0 amide bonds. The van der Waals surface area contributed by atoms with Crippen LogP contribution in [0.15, 0.2) is 4.99 Å². The van der Waals surface area contributed by atoms with Gasteiger partial charge in [-0.3, -0.25) is 9.89 Å². The van der Waals surface area contributed by atoms with Gasteiger partial charge in [-0.15, -0.1) is 0 Å². The van der Waals surface area contributed by atoms with Crippen LogP contribution in [0.25, 0.3) is 0 Å². The SMILES string of the molecule is CN=C(NCCC1CCN(CC(F)(F)F)CC1)NCCN(C)C1CCCC1. The van der Waals surface area contributed by atoms with E-state index in [0.717, 1.165) is 50.9 Å². The molecule has 1 saturated carbocycles. The number of nitrogens with one attached hydrogen (secondary N) is 2.